The number of aliphatic imine (C=N–C) groups is 1. The van der Waals surface area contributed by atoms with E-state index >= 15 is 0 Å². The van der Waals surface area contributed by atoms with Crippen LogP contribution in [0, 0.1) is 10.1 Å². The molecule has 0 radical (unpaired) electrons. The minimum atomic E-state index is -4.83. The molecule has 1 atom stereocenters. The standard InChI is InChI=1S/C15H17F3N4O2S/c1-4-25-13(14(3)8-9(2)20-21-14)19-10-5-6-12(22(23)24)11(7-10)15(16,17)18/h5-7,21H,4,8H2,1-3H3/b19-13-. The summed E-state index contributed by atoms with van der Waals surface area (Å²) in [6, 6.07) is 2.76. The number of nitrogens with one attached hydrogen (secondary N) is 1. The molecule has 0 saturated carbocycles. The topological polar surface area (TPSA) is 79.9 Å². The van der Waals surface area contributed by atoms with Crippen molar-refractivity contribution < 1.29 is 18.1 Å². The van der Waals surface area contributed by atoms with Crippen LogP contribution in [0.4, 0.5) is 24.5 Å². The molecule has 1 unspecified atom stereocenters. The van der Waals surface area contributed by atoms with Gasteiger partial charge in [-0.1, -0.05) is 6.92 Å². The number of nitrogens with zero attached hydrogens (tertiary/aromatic N) is 3. The largest absolute Gasteiger partial charge is 0.423 e. The van der Waals surface area contributed by atoms with Crippen LogP contribution in [0.5, 0.6) is 0 Å². The van der Waals surface area contributed by atoms with Gasteiger partial charge in [0.25, 0.3) is 5.69 Å². The van der Waals surface area contributed by atoms with Crippen LogP contribution in [0.25, 0.3) is 0 Å². The summed E-state index contributed by atoms with van der Waals surface area (Å²) in [5, 5.41) is 15.6. The van der Waals surface area contributed by atoms with Crippen LogP contribution in [0.15, 0.2) is 28.3 Å². The van der Waals surface area contributed by atoms with Gasteiger partial charge in [0, 0.05) is 18.2 Å². The predicted octanol–water partition coefficient (Wildman–Crippen LogP) is 4.52. The number of rotatable bonds is 4. The number of hydrogen-bond acceptors (Lipinski definition) is 6. The van der Waals surface area contributed by atoms with Crippen molar-refractivity contribution in [2.24, 2.45) is 10.1 Å². The van der Waals surface area contributed by atoms with Gasteiger partial charge in [0.05, 0.1) is 10.6 Å². The molecule has 0 fully saturated rings. The number of hydrogen-bond donors (Lipinski definition) is 1. The average molecular weight is 374 g/mol. The van der Waals surface area contributed by atoms with Crippen LogP contribution >= 0.6 is 11.8 Å². The lowest BCUT2D eigenvalue weighted by Crippen LogP contribution is -2.42. The van der Waals surface area contributed by atoms with Crippen molar-refractivity contribution in [2.45, 2.75) is 38.9 Å². The van der Waals surface area contributed by atoms with Gasteiger partial charge in [0.15, 0.2) is 0 Å². The second-order valence-electron chi connectivity index (χ2n) is 5.77. The Hall–Kier alpha value is -2.10. The van der Waals surface area contributed by atoms with Crippen molar-refractivity contribution in [3.8, 4) is 0 Å². The van der Waals surface area contributed by atoms with Gasteiger partial charge < -0.3 is 0 Å². The predicted molar refractivity (Wildman–Crippen MR) is 92.6 cm³/mol. The minimum Gasteiger partial charge on any atom is -0.297 e. The molecule has 1 aliphatic rings. The first-order valence-electron chi connectivity index (χ1n) is 7.45. The molecule has 25 heavy (non-hydrogen) atoms. The molecular formula is C15H17F3N4O2S. The average Bonchev–Trinajstić information content (AvgIpc) is 2.86. The van der Waals surface area contributed by atoms with Crippen molar-refractivity contribution in [2.75, 3.05) is 5.75 Å². The summed E-state index contributed by atoms with van der Waals surface area (Å²) in [6.07, 6.45) is -4.25. The molecule has 1 heterocycles. The number of thioether (sulfide) groups is 1. The van der Waals surface area contributed by atoms with Crippen LogP contribution in [0.2, 0.25) is 0 Å². The summed E-state index contributed by atoms with van der Waals surface area (Å²) < 4.78 is 39.3. The highest BCUT2D eigenvalue weighted by molar-refractivity contribution is 8.14. The molecule has 0 bridgehead atoms. The molecule has 136 valence electrons. The number of nitro benzene ring substituents is 1. The van der Waals surface area contributed by atoms with Crippen LogP contribution in [0.3, 0.4) is 0 Å². The number of hydrazone groups is 1. The fourth-order valence-corrected chi connectivity index (χ4v) is 3.36. The summed E-state index contributed by atoms with van der Waals surface area (Å²) in [4.78, 5) is 14.1. The summed E-state index contributed by atoms with van der Waals surface area (Å²) in [5.41, 5.74) is 0.950. The van der Waals surface area contributed by atoms with Gasteiger partial charge in [-0.3, -0.25) is 15.5 Å². The van der Waals surface area contributed by atoms with E-state index in [2.05, 4.69) is 15.5 Å². The Balaban J connectivity index is 2.48. The Morgan fingerprint density at radius 1 is 1.52 bits per heavy atom. The van der Waals surface area contributed by atoms with Gasteiger partial charge >= 0.3 is 6.18 Å². The highest BCUT2D eigenvalue weighted by atomic mass is 32.2. The maximum absolute atomic E-state index is 13.1. The molecule has 10 heteroatoms. The molecule has 0 amide bonds. The smallest absolute Gasteiger partial charge is 0.297 e. The molecule has 2 rings (SSSR count). The molecular weight excluding hydrogens is 357 g/mol. The monoisotopic (exact) mass is 374 g/mol. The van der Waals surface area contributed by atoms with Gasteiger partial charge in [-0.25, -0.2) is 4.99 Å². The molecule has 0 aliphatic carbocycles. The SMILES string of the molecule is CCS/C(=N\c1ccc([N+](=O)[O-])c(C(F)(F)F)c1)C1(C)CC(C)=NN1. The molecule has 1 N–H and O–H groups in total. The summed E-state index contributed by atoms with van der Waals surface area (Å²) in [7, 11) is 0. The van der Waals surface area contributed by atoms with Crippen LogP contribution in [-0.2, 0) is 6.18 Å². The zero-order valence-electron chi connectivity index (χ0n) is 13.8. The minimum absolute atomic E-state index is 0.0152. The quantitative estimate of drug-likeness (QED) is 0.364. The van der Waals surface area contributed by atoms with E-state index in [1.807, 2.05) is 20.8 Å². The Bertz CT molecular complexity index is 749. The third-order valence-electron chi connectivity index (χ3n) is 3.57. The zero-order valence-corrected chi connectivity index (χ0v) is 14.7. The zero-order chi connectivity index (χ0) is 18.8. The molecule has 1 aromatic rings. The molecule has 0 aromatic heterocycles. The lowest BCUT2D eigenvalue weighted by Gasteiger charge is -2.25. The van der Waals surface area contributed by atoms with Gasteiger partial charge in [0.1, 0.15) is 16.1 Å². The fraction of sp³-hybridized carbons (Fsp3) is 0.467. The third-order valence-corrected chi connectivity index (χ3v) is 4.67. The van der Waals surface area contributed by atoms with E-state index in [0.717, 1.165) is 11.8 Å². The van der Waals surface area contributed by atoms with E-state index < -0.39 is 27.9 Å². The van der Waals surface area contributed by atoms with E-state index in [-0.39, 0.29) is 5.69 Å². The normalized spacial score (nSPS) is 21.0. The van der Waals surface area contributed by atoms with Crippen molar-refractivity contribution in [3.63, 3.8) is 0 Å². The Morgan fingerprint density at radius 2 is 2.20 bits per heavy atom. The number of halogens is 3. The fourth-order valence-electron chi connectivity index (χ4n) is 2.48. The molecule has 6 nitrogen and oxygen atoms in total. The first-order chi connectivity index (χ1) is 11.6. The van der Waals surface area contributed by atoms with E-state index in [4.69, 9.17) is 0 Å². The molecule has 0 saturated heterocycles. The van der Waals surface area contributed by atoms with Gasteiger partial charge in [-0.05, 0) is 31.7 Å². The first-order valence-corrected chi connectivity index (χ1v) is 8.43. The van der Waals surface area contributed by atoms with Crippen LogP contribution < -0.4 is 5.43 Å². The summed E-state index contributed by atoms with van der Waals surface area (Å²) >= 11 is 1.39. The van der Waals surface area contributed by atoms with Gasteiger partial charge in [0.2, 0.25) is 0 Å². The maximum Gasteiger partial charge on any atom is 0.423 e. The lowest BCUT2D eigenvalue weighted by molar-refractivity contribution is -0.388. The first kappa shape index (κ1) is 19.2. The highest BCUT2D eigenvalue weighted by Crippen LogP contribution is 2.39. The molecule has 1 aliphatic heterocycles. The van der Waals surface area contributed by atoms with E-state index in [1.165, 1.54) is 17.8 Å². The highest BCUT2D eigenvalue weighted by Gasteiger charge is 2.39. The molecule has 0 spiro atoms. The van der Waals surface area contributed by atoms with Crippen molar-refractivity contribution in [3.05, 3.63) is 33.9 Å². The van der Waals surface area contributed by atoms with Gasteiger partial charge in [-0.15, -0.1) is 11.8 Å². The van der Waals surface area contributed by atoms with Crippen molar-refractivity contribution >= 4 is 33.9 Å². The van der Waals surface area contributed by atoms with Crippen molar-refractivity contribution in [1.29, 1.82) is 0 Å². The van der Waals surface area contributed by atoms with E-state index in [0.29, 0.717) is 23.3 Å². The molecule has 1 aromatic carbocycles. The lowest BCUT2D eigenvalue weighted by atomic mass is 9.99. The second-order valence-corrected chi connectivity index (χ2v) is 7.03. The number of nitro groups is 1. The second kappa shape index (κ2) is 7.03. The number of benzene rings is 1. The van der Waals surface area contributed by atoms with E-state index in [1.54, 1.807) is 0 Å². The van der Waals surface area contributed by atoms with Crippen LogP contribution in [0.1, 0.15) is 32.8 Å². The third kappa shape index (κ3) is 4.30. The summed E-state index contributed by atoms with van der Waals surface area (Å²) in [5.74, 6) is 0.675. The number of alkyl halides is 3. The maximum atomic E-state index is 13.1. The van der Waals surface area contributed by atoms with E-state index in [9.17, 15) is 23.3 Å². The summed E-state index contributed by atoms with van der Waals surface area (Å²) in [6.45, 7) is 5.62. The Labute approximate surface area is 146 Å². The van der Waals surface area contributed by atoms with Crippen LogP contribution in [-0.4, -0.2) is 27.0 Å². The Morgan fingerprint density at radius 3 is 2.68 bits per heavy atom. The van der Waals surface area contributed by atoms with Gasteiger partial charge in [-0.2, -0.15) is 18.3 Å². The van der Waals surface area contributed by atoms with Crippen molar-refractivity contribution in [1.82, 2.24) is 5.43 Å². The Kier molecular flexibility index (Phi) is 5.40.